The van der Waals surface area contributed by atoms with Gasteiger partial charge >= 0.3 is 5.97 Å². The van der Waals surface area contributed by atoms with Crippen LogP contribution < -0.4 is 10.2 Å². The van der Waals surface area contributed by atoms with Crippen molar-refractivity contribution in [3.05, 3.63) is 85.1 Å². The van der Waals surface area contributed by atoms with E-state index in [4.69, 9.17) is 13.8 Å². The van der Waals surface area contributed by atoms with Gasteiger partial charge in [0.05, 0.1) is 33.8 Å². The molecule has 0 saturated carbocycles. The third-order valence-electron chi connectivity index (χ3n) is 12.8. The molecule has 3 unspecified atom stereocenters. The molecule has 0 aromatic heterocycles. The van der Waals surface area contributed by atoms with Crippen molar-refractivity contribution in [2.75, 3.05) is 40.9 Å². The van der Waals surface area contributed by atoms with E-state index in [1.165, 1.54) is 103 Å². The fourth-order valence-electron chi connectivity index (χ4n) is 8.19. The summed E-state index contributed by atoms with van der Waals surface area (Å²) in [6.45, 7) is 6.67. The average molecular weight is 1040 g/mol. The number of hydrogen-bond donors (Lipinski definition) is 1. The van der Waals surface area contributed by atoms with Gasteiger partial charge in [-0.3, -0.25) is 14.2 Å². The number of nitrogens with zero attached hydrogens (tertiary/aromatic N) is 1. The number of esters is 1. The summed E-state index contributed by atoms with van der Waals surface area (Å²) in [6, 6.07) is -0.906. The number of nitrogens with one attached hydrogen (secondary N) is 1. The first kappa shape index (κ1) is 70.2. The molecule has 1 N–H and O–H groups in total. The molecule has 73 heavy (non-hydrogen) atoms. The quantitative estimate of drug-likeness (QED) is 0.0212. The SMILES string of the molecule is CC/C=C/C/C=C/C/C=C/CCCCCCC(=O)NC(COP(=O)([O-])OCC[N+](C)(C)C)C(/C=C\CCCCCCCCCCCC)OC(=O)CCCCCCCCCC/C=C\C/C=C\C/C=C\CCCCC. The number of hydrogen-bond acceptors (Lipinski definition) is 7. The maximum atomic E-state index is 13.5. The molecule has 10 heteroatoms. The topological polar surface area (TPSA) is 114 Å². The zero-order valence-corrected chi connectivity index (χ0v) is 49.0. The fraction of sp³-hybridized carbons (Fsp3) is 0.746. The number of ether oxygens (including phenoxy) is 1. The predicted octanol–water partition coefficient (Wildman–Crippen LogP) is 17.6. The molecule has 0 rings (SSSR count). The highest BCUT2D eigenvalue weighted by Gasteiger charge is 2.27. The highest BCUT2D eigenvalue weighted by atomic mass is 31.2. The number of likely N-dealkylation sites (N-methyl/N-ethyl adjacent to an activating group) is 1. The lowest BCUT2D eigenvalue weighted by Crippen LogP contribution is -2.47. The van der Waals surface area contributed by atoms with Crippen molar-refractivity contribution in [3.8, 4) is 0 Å². The fourth-order valence-corrected chi connectivity index (χ4v) is 8.91. The second-order valence-electron chi connectivity index (χ2n) is 21.1. The van der Waals surface area contributed by atoms with Crippen molar-refractivity contribution in [1.82, 2.24) is 5.32 Å². The molecule has 1 amide bonds. The van der Waals surface area contributed by atoms with Crippen molar-refractivity contribution in [2.24, 2.45) is 0 Å². The van der Waals surface area contributed by atoms with Crippen molar-refractivity contribution < 1.29 is 37.3 Å². The highest BCUT2D eigenvalue weighted by Crippen LogP contribution is 2.38. The van der Waals surface area contributed by atoms with Crippen LogP contribution in [0.2, 0.25) is 0 Å². The van der Waals surface area contributed by atoms with Gasteiger partial charge < -0.3 is 28.5 Å². The summed E-state index contributed by atoms with van der Waals surface area (Å²) in [5, 5.41) is 3.01. The van der Waals surface area contributed by atoms with Gasteiger partial charge in [0.25, 0.3) is 7.82 Å². The largest absolute Gasteiger partial charge is 0.756 e. The molecular formula is C63H113N2O7P. The van der Waals surface area contributed by atoms with E-state index in [0.717, 1.165) is 109 Å². The Hall–Kier alpha value is -2.81. The van der Waals surface area contributed by atoms with Gasteiger partial charge in [-0.2, -0.15) is 0 Å². The lowest BCUT2D eigenvalue weighted by atomic mass is 10.0. The maximum Gasteiger partial charge on any atom is 0.306 e. The van der Waals surface area contributed by atoms with Gasteiger partial charge in [0.1, 0.15) is 19.3 Å². The van der Waals surface area contributed by atoms with Crippen molar-refractivity contribution in [1.29, 1.82) is 0 Å². The van der Waals surface area contributed by atoms with Crippen LogP contribution in [0.15, 0.2) is 85.1 Å². The van der Waals surface area contributed by atoms with Crippen LogP contribution in [-0.2, 0) is 27.9 Å². The van der Waals surface area contributed by atoms with Gasteiger partial charge in [0.15, 0.2) is 0 Å². The summed E-state index contributed by atoms with van der Waals surface area (Å²) in [5.41, 5.74) is 0. The number of rotatable bonds is 53. The summed E-state index contributed by atoms with van der Waals surface area (Å²) in [6.07, 6.45) is 68.3. The number of quaternary nitrogens is 1. The van der Waals surface area contributed by atoms with Crippen LogP contribution in [0.25, 0.3) is 0 Å². The van der Waals surface area contributed by atoms with Crippen molar-refractivity contribution in [3.63, 3.8) is 0 Å². The zero-order chi connectivity index (χ0) is 53.6. The van der Waals surface area contributed by atoms with E-state index in [1.807, 2.05) is 33.3 Å². The molecule has 9 nitrogen and oxygen atoms in total. The lowest BCUT2D eigenvalue weighted by Gasteiger charge is -2.30. The Bertz CT molecular complexity index is 1530. The molecule has 0 radical (unpaired) electrons. The minimum Gasteiger partial charge on any atom is -0.756 e. The van der Waals surface area contributed by atoms with E-state index in [-0.39, 0.29) is 31.3 Å². The first-order chi connectivity index (χ1) is 35.4. The minimum absolute atomic E-state index is 0.0316. The molecule has 0 aliphatic rings. The van der Waals surface area contributed by atoms with Crippen LogP contribution >= 0.6 is 7.82 Å². The molecule has 0 fully saturated rings. The van der Waals surface area contributed by atoms with Gasteiger partial charge in [-0.15, -0.1) is 0 Å². The van der Waals surface area contributed by atoms with Crippen molar-refractivity contribution >= 4 is 19.7 Å². The Labute approximate surface area is 450 Å². The predicted molar refractivity (Wildman–Crippen MR) is 311 cm³/mol. The average Bonchev–Trinajstić information content (AvgIpc) is 3.35. The molecule has 0 aliphatic heterocycles. The van der Waals surface area contributed by atoms with E-state index in [0.29, 0.717) is 17.4 Å². The van der Waals surface area contributed by atoms with Gasteiger partial charge in [-0.1, -0.05) is 222 Å². The molecule has 0 heterocycles. The minimum atomic E-state index is -4.71. The van der Waals surface area contributed by atoms with Crippen LogP contribution in [0.5, 0.6) is 0 Å². The maximum absolute atomic E-state index is 13.5. The Morgan fingerprint density at radius 3 is 1.34 bits per heavy atom. The smallest absolute Gasteiger partial charge is 0.306 e. The normalized spacial score (nSPS) is 14.3. The van der Waals surface area contributed by atoms with E-state index in [1.54, 1.807) is 0 Å². The number of amides is 1. The number of carbonyl (C=O) groups excluding carboxylic acids is 2. The van der Waals surface area contributed by atoms with E-state index < -0.39 is 26.6 Å². The number of phosphoric ester groups is 1. The van der Waals surface area contributed by atoms with Crippen LogP contribution in [0, 0.1) is 0 Å². The Morgan fingerprint density at radius 1 is 0.493 bits per heavy atom. The standard InChI is InChI=1S/C63H113N2O7P/c1-7-10-13-16-19-22-25-28-30-31-32-33-34-35-36-38-41-44-47-50-53-56-63(67)72-61(54-51-48-45-42-39-27-24-21-18-15-12-9-3)60(59-71-73(68,69)70-58-57-65(4,5)6)64-62(66)55-52-49-46-43-40-37-29-26-23-20-17-14-11-8-2/h11,14,19-20,22-23,28-30,32-33,37,51,54,60-61H,7-10,12-13,15-18,21,24-27,31,34-36,38-50,52-53,55-59H2,1-6H3,(H-,64,66,68,69)/b14-11+,22-19-,23-20+,30-28-,33-32-,37-29+,54-51-. The molecule has 422 valence electrons. The summed E-state index contributed by atoms with van der Waals surface area (Å²) < 4.78 is 30.2. The van der Waals surface area contributed by atoms with Gasteiger partial charge in [0.2, 0.25) is 5.91 Å². The summed E-state index contributed by atoms with van der Waals surface area (Å²) in [7, 11) is 1.16. The second kappa shape index (κ2) is 52.6. The lowest BCUT2D eigenvalue weighted by molar-refractivity contribution is -0.870. The van der Waals surface area contributed by atoms with E-state index in [2.05, 4.69) is 99.0 Å². The summed E-state index contributed by atoms with van der Waals surface area (Å²) >= 11 is 0. The molecular weight excluding hydrogens is 928 g/mol. The molecule has 3 atom stereocenters. The molecule has 0 spiro atoms. The first-order valence-corrected chi connectivity index (χ1v) is 31.4. The molecule has 0 aromatic rings. The van der Waals surface area contributed by atoms with Crippen molar-refractivity contribution in [2.45, 2.75) is 264 Å². The number of allylic oxidation sites excluding steroid dienone is 13. The van der Waals surface area contributed by atoms with E-state index >= 15 is 0 Å². The first-order valence-electron chi connectivity index (χ1n) is 29.9. The van der Waals surface area contributed by atoms with Crippen LogP contribution in [0.1, 0.15) is 252 Å². The Balaban J connectivity index is 5.30. The molecule has 0 bridgehead atoms. The van der Waals surface area contributed by atoms with Gasteiger partial charge in [-0.25, -0.2) is 0 Å². The third kappa shape index (κ3) is 53.8. The zero-order valence-electron chi connectivity index (χ0n) is 48.1. The Morgan fingerprint density at radius 2 is 0.877 bits per heavy atom. The number of carbonyl (C=O) groups is 2. The Kier molecular flexibility index (Phi) is 50.6. The van der Waals surface area contributed by atoms with E-state index in [9.17, 15) is 19.0 Å². The van der Waals surface area contributed by atoms with Crippen LogP contribution in [0.4, 0.5) is 0 Å². The van der Waals surface area contributed by atoms with Gasteiger partial charge in [-0.05, 0) is 102 Å². The number of unbranched alkanes of at least 4 members (excludes halogenated alkanes) is 25. The molecule has 0 aromatic carbocycles. The molecule has 0 aliphatic carbocycles. The number of phosphoric acid groups is 1. The monoisotopic (exact) mass is 1040 g/mol. The third-order valence-corrected chi connectivity index (χ3v) is 13.8. The second-order valence-corrected chi connectivity index (χ2v) is 22.5. The highest BCUT2D eigenvalue weighted by molar-refractivity contribution is 7.45. The van der Waals surface area contributed by atoms with Crippen LogP contribution in [-0.4, -0.2) is 69.4 Å². The summed E-state index contributed by atoms with van der Waals surface area (Å²) in [5.74, 6) is -0.578. The van der Waals surface area contributed by atoms with Crippen LogP contribution in [0.3, 0.4) is 0 Å². The van der Waals surface area contributed by atoms with Gasteiger partial charge in [0, 0.05) is 12.8 Å². The summed E-state index contributed by atoms with van der Waals surface area (Å²) in [4.78, 5) is 39.9. The molecule has 0 saturated heterocycles.